The number of likely N-dealkylation sites (tertiary alicyclic amines) is 1. The van der Waals surface area contributed by atoms with Crippen LogP contribution in [0, 0.1) is 6.92 Å². The van der Waals surface area contributed by atoms with Crippen molar-refractivity contribution in [3.05, 3.63) is 28.8 Å². The van der Waals surface area contributed by atoms with E-state index in [9.17, 15) is 4.79 Å². The molecule has 21 heavy (non-hydrogen) atoms. The maximum atomic E-state index is 11.8. The van der Waals surface area contributed by atoms with Crippen molar-refractivity contribution >= 4 is 23.4 Å². The zero-order valence-electron chi connectivity index (χ0n) is 12.3. The summed E-state index contributed by atoms with van der Waals surface area (Å²) in [7, 11) is 0. The third kappa shape index (κ3) is 5.73. The molecule has 0 bridgehead atoms. The lowest BCUT2D eigenvalue weighted by molar-refractivity contribution is -0.905. The molecule has 0 spiro atoms. The number of quaternary nitrogens is 1. The summed E-state index contributed by atoms with van der Waals surface area (Å²) in [5, 5.41) is 3.24. The quantitative estimate of drug-likeness (QED) is 0.763. The molecule has 1 saturated heterocycles. The second-order valence-electron chi connectivity index (χ2n) is 5.25. The molecule has 0 saturated carbocycles. The summed E-state index contributed by atoms with van der Waals surface area (Å²) in [4.78, 5) is 13.3. The Morgan fingerprint density at radius 1 is 1.33 bits per heavy atom. The third-order valence-electron chi connectivity index (χ3n) is 3.70. The van der Waals surface area contributed by atoms with Crippen LogP contribution in [0.5, 0.6) is 0 Å². The minimum Gasteiger partial charge on any atom is -1.00 e. The highest BCUT2D eigenvalue weighted by Gasteiger charge is 2.14. The van der Waals surface area contributed by atoms with E-state index in [1.807, 2.05) is 19.1 Å². The maximum Gasteiger partial charge on any atom is 0.411 e. The number of piperidine rings is 1. The van der Waals surface area contributed by atoms with E-state index in [0.717, 1.165) is 12.1 Å². The summed E-state index contributed by atoms with van der Waals surface area (Å²) >= 11 is 6.05. The number of anilines is 1. The smallest absolute Gasteiger partial charge is 0.411 e. The number of para-hydroxylation sites is 1. The number of carbonyl (C=O) groups excluding carboxylic acids is 1. The molecule has 1 fully saturated rings. The van der Waals surface area contributed by atoms with Gasteiger partial charge in [0.05, 0.1) is 23.8 Å². The summed E-state index contributed by atoms with van der Waals surface area (Å²) in [6, 6.07) is 5.51. The SMILES string of the molecule is Cc1cccc(Cl)c1NC(=O)OCC[NH+]1CCCCC1.[Cl-]. The van der Waals surface area contributed by atoms with Crippen LogP contribution in [0.2, 0.25) is 5.02 Å². The molecule has 4 nitrogen and oxygen atoms in total. The van der Waals surface area contributed by atoms with E-state index in [4.69, 9.17) is 16.3 Å². The van der Waals surface area contributed by atoms with Crippen molar-refractivity contribution in [1.29, 1.82) is 0 Å². The molecule has 1 aromatic rings. The van der Waals surface area contributed by atoms with Crippen LogP contribution in [0.1, 0.15) is 24.8 Å². The Bertz CT molecular complexity index is 443. The van der Waals surface area contributed by atoms with Gasteiger partial charge in [-0.25, -0.2) is 4.79 Å². The first-order chi connectivity index (χ1) is 9.66. The molecule has 0 aliphatic carbocycles. The molecule has 118 valence electrons. The summed E-state index contributed by atoms with van der Waals surface area (Å²) in [5.41, 5.74) is 1.56. The molecule has 0 atom stereocenters. The zero-order valence-corrected chi connectivity index (χ0v) is 13.8. The zero-order chi connectivity index (χ0) is 14.4. The van der Waals surface area contributed by atoms with Crippen LogP contribution >= 0.6 is 11.6 Å². The molecule has 0 radical (unpaired) electrons. The Morgan fingerprint density at radius 3 is 2.71 bits per heavy atom. The minimum atomic E-state index is -0.433. The fourth-order valence-corrected chi connectivity index (χ4v) is 2.79. The van der Waals surface area contributed by atoms with Gasteiger partial charge in [0, 0.05) is 0 Å². The fourth-order valence-electron chi connectivity index (χ4n) is 2.52. The highest BCUT2D eigenvalue weighted by atomic mass is 35.5. The van der Waals surface area contributed by atoms with Crippen LogP contribution in [0.4, 0.5) is 10.5 Å². The van der Waals surface area contributed by atoms with Crippen LogP contribution in [0.3, 0.4) is 0 Å². The van der Waals surface area contributed by atoms with Gasteiger partial charge in [-0.1, -0.05) is 23.7 Å². The molecular weight excluding hydrogens is 311 g/mol. The number of hydrogen-bond acceptors (Lipinski definition) is 2. The first-order valence-corrected chi connectivity index (χ1v) is 7.57. The first-order valence-electron chi connectivity index (χ1n) is 7.19. The predicted octanol–water partition coefficient (Wildman–Crippen LogP) is -0.730. The summed E-state index contributed by atoms with van der Waals surface area (Å²) < 4.78 is 5.23. The van der Waals surface area contributed by atoms with E-state index in [1.165, 1.54) is 37.3 Å². The molecule has 1 aliphatic heterocycles. The number of halogens is 2. The molecule has 1 amide bonds. The molecule has 1 aromatic carbocycles. The predicted molar refractivity (Wildman–Crippen MR) is 80.6 cm³/mol. The standard InChI is InChI=1S/C15H21ClN2O2.ClH/c1-12-6-5-7-13(16)14(12)17-15(19)20-11-10-18-8-3-2-4-9-18;/h5-7H,2-4,8-11H2,1H3,(H,17,19);1H. The second kappa shape index (κ2) is 9.13. The molecule has 1 heterocycles. The Hall–Kier alpha value is -0.970. The largest absolute Gasteiger partial charge is 1.00 e. The molecule has 0 aromatic heterocycles. The van der Waals surface area contributed by atoms with E-state index in [2.05, 4.69) is 5.32 Å². The summed E-state index contributed by atoms with van der Waals surface area (Å²) in [6.45, 7) is 5.61. The Labute approximate surface area is 137 Å². The first kappa shape index (κ1) is 18.1. The van der Waals surface area contributed by atoms with Crippen LogP contribution < -0.4 is 22.6 Å². The van der Waals surface area contributed by atoms with E-state index in [-0.39, 0.29) is 12.4 Å². The number of hydrogen-bond donors (Lipinski definition) is 2. The van der Waals surface area contributed by atoms with Crippen molar-refractivity contribution in [2.24, 2.45) is 0 Å². The van der Waals surface area contributed by atoms with Gasteiger partial charge in [-0.05, 0) is 37.8 Å². The molecule has 2 rings (SSSR count). The lowest BCUT2D eigenvalue weighted by Crippen LogP contribution is -3.13. The van der Waals surface area contributed by atoms with Crippen molar-refractivity contribution in [2.75, 3.05) is 31.6 Å². The van der Waals surface area contributed by atoms with Gasteiger partial charge in [-0.3, -0.25) is 5.32 Å². The minimum absolute atomic E-state index is 0. The van der Waals surface area contributed by atoms with Gasteiger partial charge in [0.1, 0.15) is 13.2 Å². The topological polar surface area (TPSA) is 42.8 Å². The average Bonchev–Trinajstić information content (AvgIpc) is 2.44. The number of amides is 1. The molecule has 1 aliphatic rings. The van der Waals surface area contributed by atoms with Crippen LogP contribution in [-0.2, 0) is 4.74 Å². The van der Waals surface area contributed by atoms with Gasteiger partial charge >= 0.3 is 6.09 Å². The van der Waals surface area contributed by atoms with Crippen molar-refractivity contribution in [3.63, 3.8) is 0 Å². The number of rotatable bonds is 4. The number of ether oxygens (including phenoxy) is 1. The van der Waals surface area contributed by atoms with Crippen molar-refractivity contribution < 1.29 is 26.8 Å². The molecule has 2 N–H and O–H groups in total. The Balaban J connectivity index is 0.00000220. The summed E-state index contributed by atoms with van der Waals surface area (Å²) in [5.74, 6) is 0. The average molecular weight is 333 g/mol. The van der Waals surface area contributed by atoms with E-state index >= 15 is 0 Å². The molecule has 6 heteroatoms. The van der Waals surface area contributed by atoms with Crippen molar-refractivity contribution in [2.45, 2.75) is 26.2 Å². The van der Waals surface area contributed by atoms with Gasteiger partial charge in [-0.15, -0.1) is 0 Å². The Kier molecular flexibility index (Phi) is 7.86. The highest BCUT2D eigenvalue weighted by molar-refractivity contribution is 6.33. The molecule has 0 unspecified atom stereocenters. The Morgan fingerprint density at radius 2 is 2.05 bits per heavy atom. The third-order valence-corrected chi connectivity index (χ3v) is 4.01. The van der Waals surface area contributed by atoms with Gasteiger partial charge in [0.15, 0.2) is 0 Å². The maximum absolute atomic E-state index is 11.8. The lowest BCUT2D eigenvalue weighted by atomic mass is 10.1. The molecular formula is C15H22Cl2N2O2. The summed E-state index contributed by atoms with van der Waals surface area (Å²) in [6.07, 6.45) is 3.45. The van der Waals surface area contributed by atoms with E-state index in [0.29, 0.717) is 17.3 Å². The monoisotopic (exact) mass is 332 g/mol. The number of carbonyl (C=O) groups is 1. The number of nitrogens with one attached hydrogen (secondary N) is 2. The second-order valence-corrected chi connectivity index (χ2v) is 5.66. The fraction of sp³-hybridized carbons (Fsp3) is 0.533. The number of aryl methyl sites for hydroxylation is 1. The highest BCUT2D eigenvalue weighted by Crippen LogP contribution is 2.25. The van der Waals surface area contributed by atoms with Crippen molar-refractivity contribution in [3.8, 4) is 0 Å². The normalized spacial score (nSPS) is 15.1. The van der Waals surface area contributed by atoms with Gasteiger partial charge in [0.25, 0.3) is 0 Å². The van der Waals surface area contributed by atoms with Gasteiger partial charge in [-0.2, -0.15) is 0 Å². The van der Waals surface area contributed by atoms with Gasteiger partial charge < -0.3 is 22.0 Å². The number of benzene rings is 1. The van der Waals surface area contributed by atoms with Crippen LogP contribution in [0.15, 0.2) is 18.2 Å². The van der Waals surface area contributed by atoms with Crippen molar-refractivity contribution in [1.82, 2.24) is 0 Å². The van der Waals surface area contributed by atoms with Crippen LogP contribution in [0.25, 0.3) is 0 Å². The van der Waals surface area contributed by atoms with E-state index in [1.54, 1.807) is 6.07 Å². The van der Waals surface area contributed by atoms with Crippen LogP contribution in [-0.4, -0.2) is 32.3 Å². The van der Waals surface area contributed by atoms with E-state index < -0.39 is 6.09 Å². The van der Waals surface area contributed by atoms with Gasteiger partial charge in [0.2, 0.25) is 0 Å². The lowest BCUT2D eigenvalue weighted by Gasteiger charge is -2.23.